The Labute approximate surface area is 126 Å². The molecule has 0 radical (unpaired) electrons. The van der Waals surface area contributed by atoms with E-state index >= 15 is 0 Å². The van der Waals surface area contributed by atoms with Crippen molar-refractivity contribution in [3.63, 3.8) is 0 Å². The average molecular weight is 345 g/mol. The summed E-state index contributed by atoms with van der Waals surface area (Å²) in [6, 6.07) is 4.64. The number of alkyl halides is 3. The summed E-state index contributed by atoms with van der Waals surface area (Å²) < 4.78 is 64.4. The predicted octanol–water partition coefficient (Wildman–Crippen LogP) is 4.07. The summed E-state index contributed by atoms with van der Waals surface area (Å²) in [7, 11) is 1.59. The molecule has 0 aliphatic rings. The second-order valence-corrected chi connectivity index (χ2v) is 7.70. The van der Waals surface area contributed by atoms with E-state index in [2.05, 4.69) is 0 Å². The van der Waals surface area contributed by atoms with Crippen LogP contribution in [0.4, 0.5) is 13.2 Å². The van der Waals surface area contributed by atoms with E-state index in [-0.39, 0.29) is 24.0 Å². The number of rotatable bonds is 7. The number of ether oxygens (including phenoxy) is 1. The molecule has 1 unspecified atom stereocenters. The first-order valence-corrected chi connectivity index (χ1v) is 8.78. The Morgan fingerprint density at radius 2 is 1.95 bits per heavy atom. The van der Waals surface area contributed by atoms with Crippen LogP contribution in [0.5, 0.6) is 5.75 Å². The Hall–Kier alpha value is -0.950. The molecular weight excluding hydrogens is 329 g/mol. The number of halogens is 4. The van der Waals surface area contributed by atoms with Gasteiger partial charge in [0, 0.05) is 10.7 Å². The van der Waals surface area contributed by atoms with Crippen LogP contribution in [0.25, 0.3) is 0 Å². The van der Waals surface area contributed by atoms with Gasteiger partial charge in [0.1, 0.15) is 5.75 Å². The summed E-state index contributed by atoms with van der Waals surface area (Å²) in [5.41, 5.74) is -0.763. The largest absolute Gasteiger partial charge is 0.494 e. The third-order valence-electron chi connectivity index (χ3n) is 2.90. The third kappa shape index (κ3) is 7.57. The maximum atomic E-state index is 12.5. The summed E-state index contributed by atoms with van der Waals surface area (Å²) in [6.07, 6.45) is -3.48. The van der Waals surface area contributed by atoms with E-state index in [9.17, 15) is 21.6 Å². The van der Waals surface area contributed by atoms with Crippen molar-refractivity contribution in [1.82, 2.24) is 0 Å². The zero-order valence-corrected chi connectivity index (χ0v) is 12.9. The van der Waals surface area contributed by atoms with Gasteiger partial charge < -0.3 is 4.74 Å². The topological polar surface area (TPSA) is 43.4 Å². The second-order valence-electron chi connectivity index (χ2n) is 4.80. The van der Waals surface area contributed by atoms with Crippen molar-refractivity contribution in [3.05, 3.63) is 29.8 Å². The van der Waals surface area contributed by atoms with Gasteiger partial charge in [-0.15, -0.1) is 0 Å². The Balaban J connectivity index is 2.42. The first-order valence-electron chi connectivity index (χ1n) is 6.30. The van der Waals surface area contributed by atoms with E-state index in [0.29, 0.717) is 12.8 Å². The van der Waals surface area contributed by atoms with Gasteiger partial charge in [0.15, 0.2) is 0 Å². The molecule has 0 aliphatic carbocycles. The average Bonchev–Trinajstić information content (AvgIpc) is 2.35. The molecule has 0 bridgehead atoms. The number of hydrogen-bond acceptors (Lipinski definition) is 3. The first-order chi connectivity index (χ1) is 9.58. The van der Waals surface area contributed by atoms with Crippen LogP contribution >= 0.6 is 10.7 Å². The predicted molar refractivity (Wildman–Crippen MR) is 75.0 cm³/mol. The molecule has 21 heavy (non-hydrogen) atoms. The lowest BCUT2D eigenvalue weighted by Crippen LogP contribution is -2.09. The summed E-state index contributed by atoms with van der Waals surface area (Å²) >= 11 is 0. The van der Waals surface area contributed by atoms with Gasteiger partial charge in [0.05, 0.1) is 17.9 Å². The Kier molecular flexibility index (Phi) is 6.34. The molecule has 0 heterocycles. The minimum atomic E-state index is -4.40. The summed E-state index contributed by atoms with van der Waals surface area (Å²) in [5.74, 6) is 0.0607. The van der Waals surface area contributed by atoms with Crippen molar-refractivity contribution in [1.29, 1.82) is 0 Å². The SMILES string of the molecule is CC(CCOc1cccc(C(F)(F)F)c1)CCS(=O)(=O)Cl. The molecule has 0 spiro atoms. The van der Waals surface area contributed by atoms with Gasteiger partial charge >= 0.3 is 6.18 Å². The van der Waals surface area contributed by atoms with E-state index in [1.807, 2.05) is 6.92 Å². The normalized spacial score (nSPS) is 14.0. The van der Waals surface area contributed by atoms with Gasteiger partial charge in [-0.3, -0.25) is 0 Å². The molecule has 1 rings (SSSR count). The summed E-state index contributed by atoms with van der Waals surface area (Å²) in [5, 5.41) is 0. The fourth-order valence-corrected chi connectivity index (χ4v) is 2.58. The number of benzene rings is 1. The van der Waals surface area contributed by atoms with Crippen LogP contribution in [0.2, 0.25) is 0 Å². The zero-order valence-electron chi connectivity index (χ0n) is 11.4. The quantitative estimate of drug-likeness (QED) is 0.700. The van der Waals surface area contributed by atoms with Crippen molar-refractivity contribution in [2.45, 2.75) is 25.9 Å². The Morgan fingerprint density at radius 1 is 1.29 bits per heavy atom. The molecule has 1 aromatic carbocycles. The van der Waals surface area contributed by atoms with Crippen LogP contribution in [0.15, 0.2) is 24.3 Å². The molecule has 0 N–H and O–H groups in total. The molecular formula is C13H16ClF3O3S. The molecule has 1 atom stereocenters. The van der Waals surface area contributed by atoms with E-state index < -0.39 is 20.8 Å². The molecule has 120 valence electrons. The Morgan fingerprint density at radius 3 is 2.52 bits per heavy atom. The molecule has 0 saturated heterocycles. The van der Waals surface area contributed by atoms with Crippen LogP contribution in [0.3, 0.4) is 0 Å². The van der Waals surface area contributed by atoms with Crippen molar-refractivity contribution in [3.8, 4) is 5.75 Å². The van der Waals surface area contributed by atoms with Crippen molar-refractivity contribution in [2.75, 3.05) is 12.4 Å². The van der Waals surface area contributed by atoms with Gasteiger partial charge in [-0.2, -0.15) is 13.2 Å². The fourth-order valence-electron chi connectivity index (χ4n) is 1.63. The lowest BCUT2D eigenvalue weighted by Gasteiger charge is -2.13. The zero-order chi connectivity index (χ0) is 16.1. The first kappa shape index (κ1) is 18.1. The van der Waals surface area contributed by atoms with Crippen molar-refractivity contribution < 1.29 is 26.3 Å². The summed E-state index contributed by atoms with van der Waals surface area (Å²) in [6.45, 7) is 2.04. The summed E-state index contributed by atoms with van der Waals surface area (Å²) in [4.78, 5) is 0. The van der Waals surface area contributed by atoms with Crippen LogP contribution in [0.1, 0.15) is 25.3 Å². The van der Waals surface area contributed by atoms with Gasteiger partial charge in [-0.25, -0.2) is 8.42 Å². The molecule has 0 aliphatic heterocycles. The fraction of sp³-hybridized carbons (Fsp3) is 0.538. The van der Waals surface area contributed by atoms with Crippen LogP contribution in [0, 0.1) is 5.92 Å². The van der Waals surface area contributed by atoms with Crippen LogP contribution in [-0.4, -0.2) is 20.8 Å². The molecule has 0 aromatic heterocycles. The lowest BCUT2D eigenvalue weighted by molar-refractivity contribution is -0.137. The monoisotopic (exact) mass is 344 g/mol. The highest BCUT2D eigenvalue weighted by Crippen LogP contribution is 2.31. The minimum Gasteiger partial charge on any atom is -0.494 e. The molecule has 3 nitrogen and oxygen atoms in total. The maximum Gasteiger partial charge on any atom is 0.416 e. The third-order valence-corrected chi connectivity index (χ3v) is 4.08. The van der Waals surface area contributed by atoms with Crippen molar-refractivity contribution in [2.24, 2.45) is 5.92 Å². The maximum absolute atomic E-state index is 12.5. The van der Waals surface area contributed by atoms with Gasteiger partial charge in [0.25, 0.3) is 0 Å². The lowest BCUT2D eigenvalue weighted by atomic mass is 10.1. The second kappa shape index (κ2) is 7.35. The highest BCUT2D eigenvalue weighted by molar-refractivity contribution is 8.13. The van der Waals surface area contributed by atoms with E-state index in [1.165, 1.54) is 12.1 Å². The highest BCUT2D eigenvalue weighted by Gasteiger charge is 2.30. The molecule has 0 saturated carbocycles. The van der Waals surface area contributed by atoms with E-state index in [1.54, 1.807) is 0 Å². The molecule has 8 heteroatoms. The molecule has 1 aromatic rings. The smallest absolute Gasteiger partial charge is 0.416 e. The molecule has 0 amide bonds. The minimum absolute atomic E-state index is 0.0457. The highest BCUT2D eigenvalue weighted by atomic mass is 35.7. The van der Waals surface area contributed by atoms with Gasteiger partial charge in [0.2, 0.25) is 9.05 Å². The van der Waals surface area contributed by atoms with Crippen LogP contribution in [-0.2, 0) is 15.2 Å². The van der Waals surface area contributed by atoms with Gasteiger partial charge in [-0.1, -0.05) is 13.0 Å². The standard InChI is InChI=1S/C13H16ClF3O3S/c1-10(6-8-21(14,18)19)5-7-20-12-4-2-3-11(9-12)13(15,16)17/h2-4,9-10H,5-8H2,1H3. The van der Waals surface area contributed by atoms with Crippen LogP contribution < -0.4 is 4.74 Å². The van der Waals surface area contributed by atoms with E-state index in [0.717, 1.165) is 12.1 Å². The molecule has 0 fully saturated rings. The Bertz CT molecular complexity index is 558. The van der Waals surface area contributed by atoms with E-state index in [4.69, 9.17) is 15.4 Å². The van der Waals surface area contributed by atoms with Crippen molar-refractivity contribution >= 4 is 19.7 Å². The van der Waals surface area contributed by atoms with Gasteiger partial charge in [-0.05, 0) is 37.0 Å². The number of hydrogen-bond donors (Lipinski definition) is 0.